The topological polar surface area (TPSA) is 99.9 Å². The zero-order valence-electron chi connectivity index (χ0n) is 8.58. The van der Waals surface area contributed by atoms with Crippen LogP contribution < -0.4 is 5.73 Å². The molecule has 0 bridgehead atoms. The van der Waals surface area contributed by atoms with Gasteiger partial charge in [0.15, 0.2) is 0 Å². The van der Waals surface area contributed by atoms with E-state index in [0.717, 1.165) is 0 Å². The van der Waals surface area contributed by atoms with Gasteiger partial charge < -0.3 is 5.73 Å². The largest absolute Gasteiger partial charge is 0.325 e. The summed E-state index contributed by atoms with van der Waals surface area (Å²) in [6.45, 7) is 0.250. The molecule has 0 unspecified atom stereocenters. The highest BCUT2D eigenvalue weighted by molar-refractivity contribution is 6.32. The predicted molar refractivity (Wildman–Crippen MR) is 60.9 cm³/mol. The van der Waals surface area contributed by atoms with E-state index in [2.05, 4.69) is 10.3 Å². The van der Waals surface area contributed by atoms with Crippen molar-refractivity contribution in [3.8, 4) is 5.69 Å². The number of nitro groups is 1. The van der Waals surface area contributed by atoms with Crippen LogP contribution >= 0.6 is 11.6 Å². The molecule has 2 aromatic rings. The van der Waals surface area contributed by atoms with E-state index in [-0.39, 0.29) is 17.3 Å². The average Bonchev–Trinajstić information content (AvgIpc) is 2.76. The van der Waals surface area contributed by atoms with Gasteiger partial charge in [0, 0.05) is 18.7 Å². The van der Waals surface area contributed by atoms with Crippen molar-refractivity contribution in [3.05, 3.63) is 45.2 Å². The number of nitro benzene ring substituents is 1. The van der Waals surface area contributed by atoms with Gasteiger partial charge in [0.25, 0.3) is 5.69 Å². The molecule has 0 aliphatic rings. The molecule has 1 heterocycles. The van der Waals surface area contributed by atoms with Crippen molar-refractivity contribution >= 4 is 17.3 Å². The van der Waals surface area contributed by atoms with Crippen LogP contribution in [-0.4, -0.2) is 19.9 Å². The van der Waals surface area contributed by atoms with E-state index in [1.165, 1.54) is 29.1 Å². The Kier molecular flexibility index (Phi) is 3.03. The SMILES string of the molecule is NCc1cnnn1-c1ccc([N+](=O)[O-])cc1Cl. The lowest BCUT2D eigenvalue weighted by atomic mass is 10.3. The molecule has 2 N–H and O–H groups in total. The van der Waals surface area contributed by atoms with E-state index in [1.807, 2.05) is 0 Å². The first-order valence-corrected chi connectivity index (χ1v) is 5.05. The highest BCUT2D eigenvalue weighted by Gasteiger charge is 2.13. The van der Waals surface area contributed by atoms with Crippen LogP contribution in [0.25, 0.3) is 5.69 Å². The van der Waals surface area contributed by atoms with Crippen LogP contribution in [0.2, 0.25) is 5.02 Å². The molecule has 17 heavy (non-hydrogen) atoms. The molecule has 88 valence electrons. The molecule has 0 saturated carbocycles. The molecule has 0 aliphatic heterocycles. The minimum absolute atomic E-state index is 0.0758. The monoisotopic (exact) mass is 253 g/mol. The van der Waals surface area contributed by atoms with Gasteiger partial charge in [-0.2, -0.15) is 0 Å². The van der Waals surface area contributed by atoms with E-state index in [0.29, 0.717) is 11.4 Å². The Labute approximate surface area is 101 Å². The fourth-order valence-electron chi connectivity index (χ4n) is 1.38. The van der Waals surface area contributed by atoms with Crippen LogP contribution in [-0.2, 0) is 6.54 Å². The molecular formula is C9H8ClN5O2. The summed E-state index contributed by atoms with van der Waals surface area (Å²) in [5.74, 6) is 0. The second-order valence-electron chi connectivity index (χ2n) is 3.23. The van der Waals surface area contributed by atoms with Gasteiger partial charge >= 0.3 is 0 Å². The number of nitrogens with zero attached hydrogens (tertiary/aromatic N) is 4. The quantitative estimate of drug-likeness (QED) is 0.656. The van der Waals surface area contributed by atoms with Crippen LogP contribution in [0.3, 0.4) is 0 Å². The van der Waals surface area contributed by atoms with Crippen LogP contribution in [0, 0.1) is 10.1 Å². The Morgan fingerprint density at radius 3 is 2.88 bits per heavy atom. The molecule has 0 fully saturated rings. The molecule has 0 spiro atoms. The number of non-ortho nitro benzene ring substituents is 1. The van der Waals surface area contributed by atoms with Gasteiger partial charge in [-0.1, -0.05) is 16.8 Å². The Morgan fingerprint density at radius 2 is 2.29 bits per heavy atom. The van der Waals surface area contributed by atoms with Gasteiger partial charge in [-0.15, -0.1) is 5.10 Å². The highest BCUT2D eigenvalue weighted by atomic mass is 35.5. The Morgan fingerprint density at radius 1 is 1.53 bits per heavy atom. The molecule has 8 heteroatoms. The minimum atomic E-state index is -0.513. The zero-order chi connectivity index (χ0) is 12.4. The van der Waals surface area contributed by atoms with Crippen molar-refractivity contribution in [3.63, 3.8) is 0 Å². The number of hydrogen-bond acceptors (Lipinski definition) is 5. The Hall–Kier alpha value is -1.99. The van der Waals surface area contributed by atoms with Gasteiger partial charge in [0.1, 0.15) is 0 Å². The average molecular weight is 254 g/mol. The third kappa shape index (κ3) is 2.10. The smallest absolute Gasteiger partial charge is 0.271 e. The van der Waals surface area contributed by atoms with Gasteiger partial charge in [-0.25, -0.2) is 4.68 Å². The Balaban J connectivity index is 2.50. The molecule has 0 atom stereocenters. The summed E-state index contributed by atoms with van der Waals surface area (Å²) >= 11 is 5.96. The molecule has 0 aliphatic carbocycles. The second-order valence-corrected chi connectivity index (χ2v) is 3.64. The summed E-state index contributed by atoms with van der Waals surface area (Å²) in [4.78, 5) is 10.1. The van der Waals surface area contributed by atoms with Gasteiger partial charge in [0.2, 0.25) is 0 Å². The van der Waals surface area contributed by atoms with Gasteiger partial charge in [-0.05, 0) is 6.07 Å². The van der Waals surface area contributed by atoms with Crippen LogP contribution in [0.15, 0.2) is 24.4 Å². The van der Waals surface area contributed by atoms with Crippen molar-refractivity contribution in [2.24, 2.45) is 5.73 Å². The number of hydrogen-bond donors (Lipinski definition) is 1. The fourth-order valence-corrected chi connectivity index (χ4v) is 1.63. The summed E-state index contributed by atoms with van der Waals surface area (Å²) in [5.41, 5.74) is 6.61. The Bertz CT molecular complexity index is 568. The number of benzene rings is 1. The predicted octanol–water partition coefficient (Wildman–Crippen LogP) is 1.29. The van der Waals surface area contributed by atoms with Gasteiger partial charge in [-0.3, -0.25) is 10.1 Å². The fraction of sp³-hybridized carbons (Fsp3) is 0.111. The number of nitrogens with two attached hydrogens (primary N) is 1. The molecular weight excluding hydrogens is 246 g/mol. The van der Waals surface area contributed by atoms with Crippen LogP contribution in [0.5, 0.6) is 0 Å². The number of halogens is 1. The lowest BCUT2D eigenvalue weighted by Gasteiger charge is -2.06. The highest BCUT2D eigenvalue weighted by Crippen LogP contribution is 2.25. The molecule has 1 aromatic carbocycles. The summed E-state index contributed by atoms with van der Waals surface area (Å²) in [6.07, 6.45) is 1.51. The molecule has 7 nitrogen and oxygen atoms in total. The molecule has 0 radical (unpaired) electrons. The van der Waals surface area contributed by atoms with E-state index in [4.69, 9.17) is 17.3 Å². The number of rotatable bonds is 3. The van der Waals surface area contributed by atoms with E-state index in [1.54, 1.807) is 0 Å². The van der Waals surface area contributed by atoms with Crippen LogP contribution in [0.1, 0.15) is 5.69 Å². The maximum atomic E-state index is 10.6. The summed E-state index contributed by atoms with van der Waals surface area (Å²) < 4.78 is 1.45. The molecule has 1 aromatic heterocycles. The third-order valence-corrected chi connectivity index (χ3v) is 2.50. The summed E-state index contributed by atoms with van der Waals surface area (Å²) in [6, 6.07) is 4.12. The first-order valence-electron chi connectivity index (χ1n) is 4.67. The summed E-state index contributed by atoms with van der Waals surface area (Å²) in [7, 11) is 0. The van der Waals surface area contributed by atoms with Crippen molar-refractivity contribution < 1.29 is 4.92 Å². The standard InChI is InChI=1S/C9H8ClN5O2/c10-8-3-6(15(16)17)1-2-9(8)14-7(4-11)5-12-13-14/h1-3,5H,4,11H2. The second kappa shape index (κ2) is 4.48. The minimum Gasteiger partial charge on any atom is -0.325 e. The van der Waals surface area contributed by atoms with Gasteiger partial charge in [0.05, 0.1) is 27.5 Å². The van der Waals surface area contributed by atoms with E-state index < -0.39 is 4.92 Å². The molecule has 0 saturated heterocycles. The zero-order valence-corrected chi connectivity index (χ0v) is 9.33. The lowest BCUT2D eigenvalue weighted by Crippen LogP contribution is -2.07. The van der Waals surface area contributed by atoms with Crippen molar-refractivity contribution in [1.82, 2.24) is 15.0 Å². The lowest BCUT2D eigenvalue weighted by molar-refractivity contribution is -0.384. The molecule has 2 rings (SSSR count). The van der Waals surface area contributed by atoms with Crippen molar-refractivity contribution in [1.29, 1.82) is 0 Å². The summed E-state index contributed by atoms with van der Waals surface area (Å²) in [5, 5.41) is 18.3. The van der Waals surface area contributed by atoms with E-state index in [9.17, 15) is 10.1 Å². The molecule has 0 amide bonds. The number of aromatic nitrogens is 3. The van der Waals surface area contributed by atoms with Crippen molar-refractivity contribution in [2.75, 3.05) is 0 Å². The normalized spacial score (nSPS) is 10.5. The first kappa shape index (κ1) is 11.5. The van der Waals surface area contributed by atoms with Crippen LogP contribution in [0.4, 0.5) is 5.69 Å². The third-order valence-electron chi connectivity index (χ3n) is 2.20. The van der Waals surface area contributed by atoms with E-state index >= 15 is 0 Å². The first-order chi connectivity index (χ1) is 8.13. The maximum absolute atomic E-state index is 10.6. The van der Waals surface area contributed by atoms with Crippen molar-refractivity contribution in [2.45, 2.75) is 6.54 Å². The maximum Gasteiger partial charge on any atom is 0.271 e.